The maximum absolute atomic E-state index is 12.6. The molecule has 1 aliphatic rings. The van der Waals surface area contributed by atoms with Crippen LogP contribution in [0, 0.1) is 5.92 Å². The lowest BCUT2D eigenvalue weighted by Gasteiger charge is -2.31. The molecule has 2 N–H and O–H groups in total. The Bertz CT molecular complexity index is 812. The fraction of sp³-hybridized carbons (Fsp3) is 0.647. The molecule has 0 spiro atoms. The van der Waals surface area contributed by atoms with Crippen molar-refractivity contribution in [3.63, 3.8) is 0 Å². The minimum atomic E-state index is -5.25. The quantitative estimate of drug-likeness (QED) is 0.312. The highest BCUT2D eigenvalue weighted by molar-refractivity contribution is 14.0. The van der Waals surface area contributed by atoms with Crippen molar-refractivity contribution in [1.29, 1.82) is 0 Å². The summed E-state index contributed by atoms with van der Waals surface area (Å²) in [6, 6.07) is 5.71. The van der Waals surface area contributed by atoms with Gasteiger partial charge in [-0.05, 0) is 30.9 Å². The first-order chi connectivity index (χ1) is 13.5. The van der Waals surface area contributed by atoms with Crippen LogP contribution in [0.5, 0.6) is 0 Å². The van der Waals surface area contributed by atoms with Crippen LogP contribution in [-0.2, 0) is 16.6 Å². The van der Waals surface area contributed by atoms with E-state index in [0.29, 0.717) is 36.2 Å². The number of anilines is 1. The number of aromatic nitrogens is 1. The van der Waals surface area contributed by atoms with Gasteiger partial charge in [0.05, 0.1) is 12.2 Å². The molecule has 1 aromatic rings. The van der Waals surface area contributed by atoms with E-state index in [1.807, 2.05) is 37.2 Å². The van der Waals surface area contributed by atoms with Gasteiger partial charge in [0, 0.05) is 40.8 Å². The van der Waals surface area contributed by atoms with Gasteiger partial charge in [0.25, 0.3) is 0 Å². The SMILES string of the molecule is CN=C(NCc1cccc(N(C)C)n1)NCC1CCN(S(=O)(=O)C(F)(F)F)CC1.I. The number of hydrogen-bond acceptors (Lipinski definition) is 5. The number of aliphatic imine (C=N–C) groups is 1. The molecule has 0 aliphatic carbocycles. The van der Waals surface area contributed by atoms with Gasteiger partial charge in [-0.3, -0.25) is 4.99 Å². The van der Waals surface area contributed by atoms with Gasteiger partial charge in [-0.2, -0.15) is 17.5 Å². The Morgan fingerprint density at radius 3 is 2.43 bits per heavy atom. The average molecular weight is 564 g/mol. The molecule has 0 unspecified atom stereocenters. The molecular weight excluding hydrogens is 536 g/mol. The Kier molecular flexibility index (Phi) is 10.1. The smallest absolute Gasteiger partial charge is 0.363 e. The van der Waals surface area contributed by atoms with Crippen LogP contribution in [0.15, 0.2) is 23.2 Å². The van der Waals surface area contributed by atoms with E-state index in [0.717, 1.165) is 11.5 Å². The summed E-state index contributed by atoms with van der Waals surface area (Å²) >= 11 is 0. The van der Waals surface area contributed by atoms with E-state index in [4.69, 9.17) is 0 Å². The van der Waals surface area contributed by atoms with Crippen LogP contribution >= 0.6 is 24.0 Å². The van der Waals surface area contributed by atoms with Gasteiger partial charge in [0.2, 0.25) is 0 Å². The predicted molar refractivity (Wildman–Crippen MR) is 121 cm³/mol. The van der Waals surface area contributed by atoms with Crippen molar-refractivity contribution < 1.29 is 21.6 Å². The van der Waals surface area contributed by atoms with E-state index in [-0.39, 0.29) is 43.0 Å². The van der Waals surface area contributed by atoms with Gasteiger partial charge < -0.3 is 15.5 Å². The van der Waals surface area contributed by atoms with Gasteiger partial charge in [0.15, 0.2) is 5.96 Å². The van der Waals surface area contributed by atoms with Crippen molar-refractivity contribution in [2.24, 2.45) is 10.9 Å². The predicted octanol–water partition coefficient (Wildman–Crippen LogP) is 1.99. The Labute approximate surface area is 192 Å². The molecule has 1 aromatic heterocycles. The summed E-state index contributed by atoms with van der Waals surface area (Å²) in [7, 11) is 0.197. The number of hydrogen-bond donors (Lipinski definition) is 2. The van der Waals surface area contributed by atoms with Crippen LogP contribution in [0.25, 0.3) is 0 Å². The molecule has 1 fully saturated rings. The number of piperidine rings is 1. The zero-order valence-corrected chi connectivity index (χ0v) is 20.3. The summed E-state index contributed by atoms with van der Waals surface area (Å²) in [5, 5.41) is 6.29. The Balaban J connectivity index is 0.00000450. The number of nitrogens with zero attached hydrogens (tertiary/aromatic N) is 4. The molecule has 30 heavy (non-hydrogen) atoms. The topological polar surface area (TPSA) is 89.9 Å². The molecule has 172 valence electrons. The van der Waals surface area contributed by atoms with Gasteiger partial charge in [-0.15, -0.1) is 24.0 Å². The molecular formula is C17H28F3IN6O2S. The molecule has 1 aliphatic heterocycles. The Hall–Kier alpha value is -1.35. The number of halogens is 4. The van der Waals surface area contributed by atoms with Crippen LogP contribution in [0.3, 0.4) is 0 Å². The second-order valence-electron chi connectivity index (χ2n) is 6.98. The Morgan fingerprint density at radius 2 is 1.90 bits per heavy atom. The van der Waals surface area contributed by atoms with Gasteiger partial charge in [0.1, 0.15) is 5.82 Å². The standard InChI is InChI=1S/C17H27F3N6O2S.HI/c1-21-16(23-12-14-5-4-6-15(24-14)25(2)3)22-11-13-7-9-26(10-8-13)29(27,28)17(18,19)20;/h4-6,13H,7-12H2,1-3H3,(H2,21,22,23);1H. The van der Waals surface area contributed by atoms with Gasteiger partial charge in [-0.25, -0.2) is 13.4 Å². The van der Waals surface area contributed by atoms with E-state index in [1.165, 1.54) is 0 Å². The first-order valence-corrected chi connectivity index (χ1v) is 10.6. The molecule has 0 aromatic carbocycles. The third-order valence-electron chi connectivity index (χ3n) is 4.67. The number of sulfonamides is 1. The monoisotopic (exact) mass is 564 g/mol. The number of nitrogens with one attached hydrogen (secondary N) is 2. The average Bonchev–Trinajstić information content (AvgIpc) is 2.67. The highest BCUT2D eigenvalue weighted by Gasteiger charge is 2.50. The van der Waals surface area contributed by atoms with Crippen molar-refractivity contribution in [3.8, 4) is 0 Å². The minimum absolute atomic E-state index is 0. The normalized spacial score (nSPS) is 16.7. The molecule has 0 bridgehead atoms. The van der Waals surface area contributed by atoms with E-state index >= 15 is 0 Å². The van der Waals surface area contributed by atoms with Crippen LogP contribution in [0.1, 0.15) is 18.5 Å². The van der Waals surface area contributed by atoms with Crippen LogP contribution in [0.4, 0.5) is 19.0 Å². The molecule has 8 nitrogen and oxygen atoms in total. The molecule has 1 saturated heterocycles. The lowest BCUT2D eigenvalue weighted by molar-refractivity contribution is -0.0496. The summed E-state index contributed by atoms with van der Waals surface area (Å²) in [5.41, 5.74) is -4.41. The molecule has 2 rings (SSSR count). The largest absolute Gasteiger partial charge is 0.511 e. The second-order valence-corrected chi connectivity index (χ2v) is 8.91. The Morgan fingerprint density at radius 1 is 1.27 bits per heavy atom. The molecule has 0 saturated carbocycles. The highest BCUT2D eigenvalue weighted by Crippen LogP contribution is 2.30. The third kappa shape index (κ3) is 7.11. The summed E-state index contributed by atoms with van der Waals surface area (Å²) in [5.74, 6) is 1.45. The number of rotatable bonds is 6. The highest BCUT2D eigenvalue weighted by atomic mass is 127. The minimum Gasteiger partial charge on any atom is -0.363 e. The van der Waals surface area contributed by atoms with Crippen LogP contribution < -0.4 is 15.5 Å². The van der Waals surface area contributed by atoms with Crippen LogP contribution in [0.2, 0.25) is 0 Å². The van der Waals surface area contributed by atoms with Crippen LogP contribution in [-0.4, -0.2) is 70.0 Å². The van der Waals surface area contributed by atoms with E-state index < -0.39 is 15.5 Å². The number of guanidine groups is 1. The third-order valence-corrected chi connectivity index (χ3v) is 6.30. The number of alkyl halides is 3. The maximum Gasteiger partial charge on any atom is 0.511 e. The lowest BCUT2D eigenvalue weighted by Crippen LogP contribution is -2.47. The summed E-state index contributed by atoms with van der Waals surface area (Å²) in [6.07, 6.45) is 0.706. The van der Waals surface area contributed by atoms with E-state index in [9.17, 15) is 21.6 Å². The zero-order chi connectivity index (χ0) is 21.7. The fourth-order valence-corrected chi connectivity index (χ4v) is 3.93. The zero-order valence-electron chi connectivity index (χ0n) is 17.1. The molecule has 0 radical (unpaired) electrons. The summed E-state index contributed by atoms with van der Waals surface area (Å²) in [6.45, 7) is 0.678. The number of pyridine rings is 1. The summed E-state index contributed by atoms with van der Waals surface area (Å²) in [4.78, 5) is 10.5. The lowest BCUT2D eigenvalue weighted by atomic mass is 9.98. The van der Waals surface area contributed by atoms with Crippen molar-refractivity contribution in [2.75, 3.05) is 45.7 Å². The van der Waals surface area contributed by atoms with Crippen molar-refractivity contribution in [1.82, 2.24) is 19.9 Å². The van der Waals surface area contributed by atoms with Gasteiger partial charge >= 0.3 is 15.5 Å². The van der Waals surface area contributed by atoms with Crippen molar-refractivity contribution in [3.05, 3.63) is 23.9 Å². The van der Waals surface area contributed by atoms with Gasteiger partial charge in [-0.1, -0.05) is 6.07 Å². The first kappa shape index (κ1) is 26.7. The van der Waals surface area contributed by atoms with E-state index in [1.54, 1.807) is 7.05 Å². The molecule has 13 heteroatoms. The van der Waals surface area contributed by atoms with Crippen molar-refractivity contribution >= 4 is 45.8 Å². The fourth-order valence-electron chi connectivity index (χ4n) is 2.95. The van der Waals surface area contributed by atoms with E-state index in [2.05, 4.69) is 20.6 Å². The first-order valence-electron chi connectivity index (χ1n) is 9.18. The maximum atomic E-state index is 12.6. The molecule has 0 atom stereocenters. The molecule has 2 heterocycles. The molecule has 0 amide bonds. The summed E-state index contributed by atoms with van der Waals surface area (Å²) < 4.78 is 61.3. The second kappa shape index (κ2) is 11.3. The van der Waals surface area contributed by atoms with Crippen molar-refractivity contribution in [2.45, 2.75) is 24.9 Å².